The van der Waals surface area contributed by atoms with Crippen LogP contribution < -0.4 is 0 Å². The van der Waals surface area contributed by atoms with Crippen molar-refractivity contribution in [2.75, 3.05) is 0 Å². The summed E-state index contributed by atoms with van der Waals surface area (Å²) >= 11 is 0. The van der Waals surface area contributed by atoms with Crippen LogP contribution in [-0.2, 0) is 16.3 Å². The van der Waals surface area contributed by atoms with Gasteiger partial charge in [-0.3, -0.25) is 9.38 Å². The Morgan fingerprint density at radius 1 is 1.13 bits per heavy atom. The Kier molecular flexibility index (Phi) is 3.93. The summed E-state index contributed by atoms with van der Waals surface area (Å²) in [6, 6.07) is 6.82. The fourth-order valence-corrected chi connectivity index (χ4v) is 3.85. The van der Waals surface area contributed by atoms with E-state index >= 15 is 0 Å². The Morgan fingerprint density at radius 3 is 2.48 bits per heavy atom. The lowest BCUT2D eigenvalue weighted by Crippen LogP contribution is -2.11. The number of aryl methyl sites for hydroxylation is 1. The number of benzene rings is 1. The summed E-state index contributed by atoms with van der Waals surface area (Å²) in [5.74, 6) is 0.419. The molecule has 0 bridgehead atoms. The molecule has 1 aromatic carbocycles. The Labute approximate surface area is 135 Å². The lowest BCUT2D eigenvalue weighted by molar-refractivity contribution is 0.588. The third kappa shape index (κ3) is 2.86. The lowest BCUT2D eigenvalue weighted by Gasteiger charge is -2.11. The Hall–Kier alpha value is -2.21. The third-order valence-corrected chi connectivity index (χ3v) is 5.42. The second-order valence-electron chi connectivity index (χ2n) is 6.08. The lowest BCUT2D eigenvalue weighted by atomic mass is 10.1. The van der Waals surface area contributed by atoms with E-state index < -0.39 is 9.84 Å². The minimum atomic E-state index is -3.64. The van der Waals surface area contributed by atoms with Crippen molar-refractivity contribution in [3.05, 3.63) is 54.1 Å². The molecule has 5 nitrogen and oxygen atoms in total. The van der Waals surface area contributed by atoms with Crippen LogP contribution in [0.25, 0.3) is 5.65 Å². The van der Waals surface area contributed by atoms with Crippen molar-refractivity contribution in [1.82, 2.24) is 14.4 Å². The van der Waals surface area contributed by atoms with E-state index in [0.717, 1.165) is 17.7 Å². The van der Waals surface area contributed by atoms with Crippen molar-refractivity contribution in [2.24, 2.45) is 5.92 Å². The number of nitrogens with zero attached hydrogens (tertiary/aromatic N) is 3. The van der Waals surface area contributed by atoms with Gasteiger partial charge in [-0.2, -0.15) is 0 Å². The van der Waals surface area contributed by atoms with Crippen LogP contribution in [0, 0.1) is 12.8 Å². The topological polar surface area (TPSA) is 64.3 Å². The maximum Gasteiger partial charge on any atom is 0.223 e. The van der Waals surface area contributed by atoms with E-state index in [9.17, 15) is 8.42 Å². The Balaban J connectivity index is 2.17. The summed E-state index contributed by atoms with van der Waals surface area (Å²) in [6.07, 6.45) is 5.46. The monoisotopic (exact) mass is 329 g/mol. The normalized spacial score (nSPS) is 12.2. The van der Waals surface area contributed by atoms with E-state index in [1.54, 1.807) is 41.1 Å². The predicted octanol–water partition coefficient (Wildman–Crippen LogP) is 3.07. The zero-order chi connectivity index (χ0) is 16.6. The molecule has 0 unspecified atom stereocenters. The molecule has 0 N–H and O–H groups in total. The second kappa shape index (κ2) is 5.77. The van der Waals surface area contributed by atoms with E-state index in [-0.39, 0.29) is 9.92 Å². The van der Waals surface area contributed by atoms with E-state index in [2.05, 4.69) is 23.8 Å². The molecule has 0 aliphatic rings. The van der Waals surface area contributed by atoms with Gasteiger partial charge in [0.25, 0.3) is 0 Å². The summed E-state index contributed by atoms with van der Waals surface area (Å²) in [5.41, 5.74) is 2.43. The average Bonchev–Trinajstić information content (AvgIpc) is 2.97. The van der Waals surface area contributed by atoms with Crippen LogP contribution in [-0.4, -0.2) is 22.8 Å². The van der Waals surface area contributed by atoms with Crippen LogP contribution in [0.4, 0.5) is 0 Å². The molecule has 0 atom stereocenters. The Bertz CT molecular complexity index is 942. The minimum Gasteiger partial charge on any atom is -0.287 e. The molecule has 0 fully saturated rings. The van der Waals surface area contributed by atoms with Crippen LogP contribution in [0.2, 0.25) is 0 Å². The van der Waals surface area contributed by atoms with Crippen molar-refractivity contribution < 1.29 is 8.42 Å². The molecular weight excluding hydrogens is 310 g/mol. The van der Waals surface area contributed by atoms with Gasteiger partial charge in [0, 0.05) is 12.4 Å². The highest BCUT2D eigenvalue weighted by atomic mass is 32.2. The van der Waals surface area contributed by atoms with Gasteiger partial charge in [-0.1, -0.05) is 31.5 Å². The van der Waals surface area contributed by atoms with Crippen molar-refractivity contribution in [3.8, 4) is 0 Å². The van der Waals surface area contributed by atoms with E-state index in [4.69, 9.17) is 0 Å². The summed E-state index contributed by atoms with van der Waals surface area (Å²) < 4.78 is 27.4. The number of hydrogen-bond donors (Lipinski definition) is 0. The highest BCUT2D eigenvalue weighted by Crippen LogP contribution is 2.23. The molecule has 0 aliphatic heterocycles. The molecular formula is C17H19N3O2S. The summed E-state index contributed by atoms with van der Waals surface area (Å²) in [6.45, 7) is 6.11. The fourth-order valence-electron chi connectivity index (χ4n) is 2.52. The number of imidazole rings is 1. The zero-order valence-corrected chi connectivity index (χ0v) is 14.2. The molecule has 6 heteroatoms. The average molecular weight is 329 g/mol. The molecule has 0 saturated heterocycles. The molecule has 3 aromatic rings. The summed E-state index contributed by atoms with van der Waals surface area (Å²) in [4.78, 5) is 8.92. The first-order valence-corrected chi connectivity index (χ1v) is 9.00. The maximum atomic E-state index is 12.9. The second-order valence-corrected chi connectivity index (χ2v) is 7.97. The molecule has 0 spiro atoms. The number of sulfone groups is 1. The van der Waals surface area contributed by atoms with Crippen LogP contribution in [0.1, 0.15) is 25.1 Å². The third-order valence-electron chi connectivity index (χ3n) is 3.68. The van der Waals surface area contributed by atoms with Gasteiger partial charge in [0.1, 0.15) is 0 Å². The van der Waals surface area contributed by atoms with Crippen molar-refractivity contribution in [2.45, 2.75) is 37.1 Å². The number of hydrogen-bond acceptors (Lipinski definition) is 4. The van der Waals surface area contributed by atoms with Crippen molar-refractivity contribution in [1.29, 1.82) is 0 Å². The Morgan fingerprint density at radius 2 is 1.83 bits per heavy atom. The van der Waals surface area contributed by atoms with Gasteiger partial charge in [0.05, 0.1) is 16.8 Å². The molecule has 0 aliphatic carbocycles. The molecule has 2 aromatic heterocycles. The van der Waals surface area contributed by atoms with Gasteiger partial charge in [-0.15, -0.1) is 0 Å². The van der Waals surface area contributed by atoms with E-state index in [1.807, 2.05) is 6.92 Å². The van der Waals surface area contributed by atoms with Gasteiger partial charge in [-0.25, -0.2) is 13.4 Å². The first kappa shape index (κ1) is 15.7. The largest absolute Gasteiger partial charge is 0.287 e. The van der Waals surface area contributed by atoms with Gasteiger partial charge in [-0.05, 0) is 31.4 Å². The maximum absolute atomic E-state index is 12.9. The molecule has 120 valence electrons. The predicted molar refractivity (Wildman–Crippen MR) is 88.2 cm³/mol. The minimum absolute atomic E-state index is 0.140. The molecule has 0 radical (unpaired) electrons. The number of fused-ring (bicyclic) bond motifs is 1. The van der Waals surface area contributed by atoms with Gasteiger partial charge in [0.2, 0.25) is 9.84 Å². The highest BCUT2D eigenvalue weighted by Gasteiger charge is 2.22. The first-order valence-electron chi connectivity index (χ1n) is 7.52. The SMILES string of the molecule is Cc1ccc(S(=O)(=O)c2cnc(CC(C)C)c3nccn23)cc1. The van der Waals surface area contributed by atoms with E-state index in [1.165, 1.54) is 6.20 Å². The first-order chi connectivity index (χ1) is 10.9. The molecule has 23 heavy (non-hydrogen) atoms. The summed E-state index contributed by atoms with van der Waals surface area (Å²) in [7, 11) is -3.64. The van der Waals surface area contributed by atoms with Crippen LogP contribution in [0.3, 0.4) is 0 Å². The smallest absolute Gasteiger partial charge is 0.223 e. The van der Waals surface area contributed by atoms with Gasteiger partial charge >= 0.3 is 0 Å². The van der Waals surface area contributed by atoms with Crippen LogP contribution in [0.5, 0.6) is 0 Å². The van der Waals surface area contributed by atoms with Crippen molar-refractivity contribution in [3.63, 3.8) is 0 Å². The number of rotatable bonds is 4. The standard InChI is InChI=1S/C17H19N3O2S/c1-12(2)10-15-17-18-8-9-20(17)16(11-19-15)23(21,22)14-6-4-13(3)5-7-14/h4-9,11-12H,10H2,1-3H3. The summed E-state index contributed by atoms with van der Waals surface area (Å²) in [5, 5.41) is 0.140. The van der Waals surface area contributed by atoms with Gasteiger partial charge < -0.3 is 0 Å². The fraction of sp³-hybridized carbons (Fsp3) is 0.294. The molecule has 2 heterocycles. The quantitative estimate of drug-likeness (QED) is 0.738. The molecule has 3 rings (SSSR count). The van der Waals surface area contributed by atoms with Crippen LogP contribution in [0.15, 0.2) is 52.8 Å². The zero-order valence-electron chi connectivity index (χ0n) is 13.4. The highest BCUT2D eigenvalue weighted by molar-refractivity contribution is 7.91. The number of aromatic nitrogens is 3. The van der Waals surface area contributed by atoms with Crippen molar-refractivity contribution >= 4 is 15.5 Å². The molecule has 0 saturated carbocycles. The van der Waals surface area contributed by atoms with Gasteiger partial charge in [0.15, 0.2) is 10.7 Å². The van der Waals surface area contributed by atoms with E-state index in [0.29, 0.717) is 11.6 Å². The molecule has 0 amide bonds. The van der Waals surface area contributed by atoms with Crippen LogP contribution >= 0.6 is 0 Å².